The fourth-order valence-corrected chi connectivity index (χ4v) is 11.4. The molecule has 0 radical (unpaired) electrons. The van der Waals surface area contributed by atoms with Gasteiger partial charge in [-0.3, -0.25) is 0 Å². The highest BCUT2D eigenvalue weighted by Gasteiger charge is 2.23. The van der Waals surface area contributed by atoms with Crippen LogP contribution in [-0.4, -0.2) is 19.5 Å². The minimum absolute atomic E-state index is 0.513. The molecule has 0 unspecified atom stereocenters. The predicted molar refractivity (Wildman–Crippen MR) is 273 cm³/mol. The number of hydrogen-bond acceptors (Lipinski definition) is 6. The standard InChI is InChI=1S/C59H32N4O2S/c1-3-13-35-27-49-45(25-33(35)11-1)46-26-34-12-2-4-14-36(34)28-50(46)63(49)39-31-47-41-16-6-9-19-52(41)65-56(47)48(32-39)59-61-57(37-21-23-42-40-15-5-8-18-51(40)64-53(42)29-37)60-58(62-59)38-22-24-44-43-17-7-10-20-54(43)66-55(44)30-38/h1-32H. The Bertz CT molecular complexity index is 4330. The highest BCUT2D eigenvalue weighted by molar-refractivity contribution is 7.25. The minimum atomic E-state index is 0.513. The SMILES string of the molecule is c1ccc2cc3c(cc2c1)c1cc2ccccc2cc1n3-c1cc(-c2nc(-c3ccc4c(c3)oc3ccccc34)nc(-c3ccc4c(c3)sc3ccccc34)n2)c2oc3ccccc3c2c1. The lowest BCUT2D eigenvalue weighted by Crippen LogP contribution is -2.01. The molecular weight excluding hydrogens is 829 g/mol. The van der Waals surface area contributed by atoms with E-state index in [1.807, 2.05) is 36.4 Å². The summed E-state index contributed by atoms with van der Waals surface area (Å²) in [5, 5.41) is 13.7. The molecule has 7 heteroatoms. The highest BCUT2D eigenvalue weighted by Crippen LogP contribution is 2.43. The van der Waals surface area contributed by atoms with Crippen LogP contribution in [0.1, 0.15) is 0 Å². The van der Waals surface area contributed by atoms with E-state index in [9.17, 15) is 0 Å². The smallest absolute Gasteiger partial charge is 0.167 e. The van der Waals surface area contributed by atoms with E-state index < -0.39 is 0 Å². The highest BCUT2D eigenvalue weighted by atomic mass is 32.1. The average molecular weight is 861 g/mol. The molecule has 0 amide bonds. The van der Waals surface area contributed by atoms with E-state index in [-0.39, 0.29) is 0 Å². The van der Waals surface area contributed by atoms with Crippen molar-refractivity contribution >= 4 is 119 Å². The number of benzene rings is 10. The summed E-state index contributed by atoms with van der Waals surface area (Å²) in [7, 11) is 0. The van der Waals surface area contributed by atoms with Gasteiger partial charge in [-0.15, -0.1) is 11.3 Å². The van der Waals surface area contributed by atoms with Gasteiger partial charge in [0.05, 0.1) is 16.6 Å². The zero-order valence-corrected chi connectivity index (χ0v) is 35.8. The van der Waals surface area contributed by atoms with E-state index >= 15 is 0 Å². The summed E-state index contributed by atoms with van der Waals surface area (Å²) < 4.78 is 18.1. The summed E-state index contributed by atoms with van der Waals surface area (Å²) in [6, 6.07) is 68.7. The maximum absolute atomic E-state index is 6.85. The molecule has 0 bridgehead atoms. The number of fused-ring (bicyclic) bond motifs is 14. The molecule has 0 saturated heterocycles. The van der Waals surface area contributed by atoms with Crippen molar-refractivity contribution in [2.45, 2.75) is 0 Å². The van der Waals surface area contributed by atoms with Gasteiger partial charge in [-0.25, -0.2) is 15.0 Å². The quantitative estimate of drug-likeness (QED) is 0.176. The lowest BCUT2D eigenvalue weighted by molar-refractivity contribution is 0.668. The van der Waals surface area contributed by atoms with Crippen LogP contribution in [0.4, 0.5) is 0 Å². The van der Waals surface area contributed by atoms with Crippen LogP contribution in [0.2, 0.25) is 0 Å². The molecule has 10 aromatic carbocycles. The minimum Gasteiger partial charge on any atom is -0.456 e. The first-order valence-electron chi connectivity index (χ1n) is 22.1. The van der Waals surface area contributed by atoms with Gasteiger partial charge in [-0.1, -0.05) is 121 Å². The second-order valence-corrected chi connectivity index (χ2v) is 18.2. The van der Waals surface area contributed by atoms with Gasteiger partial charge in [0.25, 0.3) is 0 Å². The third-order valence-corrected chi connectivity index (χ3v) is 14.5. The maximum atomic E-state index is 6.85. The zero-order chi connectivity index (χ0) is 43.0. The van der Waals surface area contributed by atoms with Crippen molar-refractivity contribution in [1.82, 2.24) is 19.5 Å². The number of furan rings is 2. The number of aromatic nitrogens is 4. The summed E-state index contributed by atoms with van der Waals surface area (Å²) >= 11 is 1.78. The van der Waals surface area contributed by atoms with E-state index in [4.69, 9.17) is 23.8 Å². The monoisotopic (exact) mass is 860 g/mol. The maximum Gasteiger partial charge on any atom is 0.167 e. The van der Waals surface area contributed by atoms with Gasteiger partial charge in [-0.2, -0.15) is 0 Å². The van der Waals surface area contributed by atoms with Gasteiger partial charge in [0.1, 0.15) is 22.3 Å². The molecule has 6 nitrogen and oxygen atoms in total. The molecule has 0 aliphatic heterocycles. The second kappa shape index (κ2) is 13.4. The van der Waals surface area contributed by atoms with Gasteiger partial charge in [0.15, 0.2) is 17.5 Å². The molecule has 0 aliphatic carbocycles. The largest absolute Gasteiger partial charge is 0.456 e. The lowest BCUT2D eigenvalue weighted by atomic mass is 10.0. The van der Waals surface area contributed by atoms with Crippen molar-refractivity contribution in [3.63, 3.8) is 0 Å². The van der Waals surface area contributed by atoms with E-state index in [0.717, 1.165) is 71.7 Å². The van der Waals surface area contributed by atoms with Crippen molar-refractivity contribution in [3.8, 4) is 39.9 Å². The van der Waals surface area contributed by atoms with Gasteiger partial charge < -0.3 is 13.4 Å². The first kappa shape index (κ1) is 35.8. The summed E-state index contributed by atoms with van der Waals surface area (Å²) in [5.74, 6) is 1.63. The number of para-hydroxylation sites is 2. The summed E-state index contributed by atoms with van der Waals surface area (Å²) in [5.41, 5.74) is 8.84. The molecule has 0 aliphatic rings. The van der Waals surface area contributed by atoms with E-state index in [0.29, 0.717) is 23.1 Å². The predicted octanol–water partition coefficient (Wildman–Crippen LogP) is 16.4. The fourth-order valence-electron chi connectivity index (χ4n) is 10.3. The summed E-state index contributed by atoms with van der Waals surface area (Å²) in [4.78, 5) is 16.0. The van der Waals surface area contributed by atoms with Crippen LogP contribution in [0.3, 0.4) is 0 Å². The van der Waals surface area contributed by atoms with Crippen LogP contribution in [0, 0.1) is 0 Å². The van der Waals surface area contributed by atoms with Crippen LogP contribution < -0.4 is 0 Å². The Morgan fingerprint density at radius 1 is 0.348 bits per heavy atom. The molecule has 0 spiro atoms. The van der Waals surface area contributed by atoms with Crippen molar-refractivity contribution in [3.05, 3.63) is 194 Å². The van der Waals surface area contributed by atoms with Gasteiger partial charge in [0.2, 0.25) is 0 Å². The summed E-state index contributed by atoms with van der Waals surface area (Å²) in [6.07, 6.45) is 0. The number of nitrogens with zero attached hydrogens (tertiary/aromatic N) is 4. The third-order valence-electron chi connectivity index (χ3n) is 13.4. The first-order valence-corrected chi connectivity index (χ1v) is 22.9. The Morgan fingerprint density at radius 2 is 0.864 bits per heavy atom. The Balaban J connectivity index is 1.03. The van der Waals surface area contributed by atoms with Crippen molar-refractivity contribution in [1.29, 1.82) is 0 Å². The molecule has 66 heavy (non-hydrogen) atoms. The molecule has 15 aromatic rings. The van der Waals surface area contributed by atoms with E-state index in [1.165, 1.54) is 52.5 Å². The van der Waals surface area contributed by atoms with Gasteiger partial charge in [-0.05, 0) is 94.3 Å². The Kier molecular flexibility index (Phi) is 7.28. The zero-order valence-electron chi connectivity index (χ0n) is 35.0. The van der Waals surface area contributed by atoms with Crippen molar-refractivity contribution in [2.75, 3.05) is 0 Å². The van der Waals surface area contributed by atoms with Gasteiger partial charge >= 0.3 is 0 Å². The topological polar surface area (TPSA) is 69.9 Å². The fraction of sp³-hybridized carbons (Fsp3) is 0. The van der Waals surface area contributed by atoms with Crippen molar-refractivity contribution < 1.29 is 8.83 Å². The molecule has 0 fully saturated rings. The van der Waals surface area contributed by atoms with Crippen LogP contribution in [-0.2, 0) is 0 Å². The molecule has 0 saturated carbocycles. The lowest BCUT2D eigenvalue weighted by Gasteiger charge is -2.13. The normalized spacial score (nSPS) is 12.2. The van der Waals surface area contributed by atoms with Crippen LogP contribution in [0.15, 0.2) is 203 Å². The van der Waals surface area contributed by atoms with Crippen molar-refractivity contribution in [2.24, 2.45) is 0 Å². The molecular formula is C59H32N4O2S. The van der Waals surface area contributed by atoms with E-state index in [1.54, 1.807) is 11.3 Å². The third kappa shape index (κ3) is 5.26. The molecule has 306 valence electrons. The van der Waals surface area contributed by atoms with E-state index in [2.05, 4.69) is 162 Å². The number of hydrogen-bond donors (Lipinski definition) is 0. The number of thiophene rings is 1. The average Bonchev–Trinajstić information content (AvgIpc) is 4.13. The van der Waals surface area contributed by atoms with Crippen LogP contribution in [0.5, 0.6) is 0 Å². The molecule has 5 heterocycles. The van der Waals surface area contributed by atoms with Crippen LogP contribution in [0.25, 0.3) is 147 Å². The Labute approximate surface area is 379 Å². The Hall–Kier alpha value is -8.65. The molecule has 15 rings (SSSR count). The van der Waals surface area contributed by atoms with Crippen LogP contribution >= 0.6 is 11.3 Å². The molecule has 0 atom stereocenters. The molecule has 5 aromatic heterocycles. The Morgan fingerprint density at radius 3 is 1.56 bits per heavy atom. The summed E-state index contributed by atoms with van der Waals surface area (Å²) in [6.45, 7) is 0. The van der Waals surface area contributed by atoms with Gasteiger partial charge in [0, 0.05) is 69.3 Å². The number of rotatable bonds is 4. The first-order chi connectivity index (χ1) is 32.6. The molecule has 0 N–H and O–H groups in total. The second-order valence-electron chi connectivity index (χ2n) is 17.2.